The number of carboxylic acids is 1. The van der Waals surface area contributed by atoms with E-state index < -0.39 is 17.5 Å². The number of para-hydroxylation sites is 1. The van der Waals surface area contributed by atoms with Gasteiger partial charge in [0.1, 0.15) is 5.41 Å². The van der Waals surface area contributed by atoms with Gasteiger partial charge in [-0.15, -0.1) is 0 Å². The number of anilines is 1. The van der Waals surface area contributed by atoms with E-state index in [2.05, 4.69) is 0 Å². The van der Waals surface area contributed by atoms with E-state index in [-0.39, 0.29) is 18.9 Å². The molecule has 5 heteroatoms. The summed E-state index contributed by atoms with van der Waals surface area (Å²) in [5.41, 5.74) is 1.17. The topological polar surface area (TPSA) is 77.8 Å². The molecule has 1 heterocycles. The first-order valence-electron chi connectivity index (χ1n) is 6.57. The maximum absolute atomic E-state index is 12.3. The number of aliphatic hydroxyl groups is 1. The number of rotatable bonds is 3. The second kappa shape index (κ2) is 4.90. The maximum Gasteiger partial charge on any atom is 0.314 e. The number of carbonyl (C=O) groups excluding carboxylic acids is 1. The molecule has 1 amide bonds. The summed E-state index contributed by atoms with van der Waals surface area (Å²) >= 11 is 0. The van der Waals surface area contributed by atoms with Gasteiger partial charge in [-0.1, -0.05) is 18.2 Å². The number of carboxylic acid groups (broad SMARTS) is 1. The van der Waals surface area contributed by atoms with Crippen LogP contribution in [0.2, 0.25) is 0 Å². The summed E-state index contributed by atoms with van der Waals surface area (Å²) in [5.74, 6) is -1.39. The smallest absolute Gasteiger partial charge is 0.314 e. The van der Waals surface area contributed by atoms with Crippen LogP contribution >= 0.6 is 0 Å². The molecular formula is C15H19NO4. The molecule has 1 aromatic carbocycles. The third-order valence-corrected chi connectivity index (χ3v) is 4.14. The van der Waals surface area contributed by atoms with Gasteiger partial charge < -0.3 is 15.1 Å². The molecule has 20 heavy (non-hydrogen) atoms. The third kappa shape index (κ3) is 2.08. The minimum absolute atomic E-state index is 0.00449. The number of carbonyl (C=O) groups is 2. The Morgan fingerprint density at radius 3 is 2.30 bits per heavy atom. The number of nitrogens with zero attached hydrogens (tertiary/aromatic N) is 1. The molecule has 0 bridgehead atoms. The molecule has 5 nitrogen and oxygen atoms in total. The van der Waals surface area contributed by atoms with Gasteiger partial charge in [0, 0.05) is 18.7 Å². The molecule has 1 aromatic rings. The first-order chi connectivity index (χ1) is 9.29. The monoisotopic (exact) mass is 277 g/mol. The molecule has 0 radical (unpaired) electrons. The quantitative estimate of drug-likeness (QED) is 0.877. The van der Waals surface area contributed by atoms with Crippen molar-refractivity contribution in [2.45, 2.75) is 33.3 Å². The van der Waals surface area contributed by atoms with Crippen LogP contribution in [-0.4, -0.2) is 34.7 Å². The standard InChI is InChI=1S/C15H19NO4/c1-9-5-4-6-10(2)13(9)16-8-15(11(3)17,14(19)20)7-12(16)18/h4-6,11,17H,7-8H2,1-3H3,(H,19,20). The van der Waals surface area contributed by atoms with Crippen LogP contribution in [0, 0.1) is 19.3 Å². The normalized spacial score (nSPS) is 24.0. The van der Waals surface area contributed by atoms with Crippen LogP contribution in [0.1, 0.15) is 24.5 Å². The van der Waals surface area contributed by atoms with Crippen LogP contribution in [0.25, 0.3) is 0 Å². The summed E-state index contributed by atoms with van der Waals surface area (Å²) in [6, 6.07) is 5.67. The lowest BCUT2D eigenvalue weighted by Gasteiger charge is -2.28. The van der Waals surface area contributed by atoms with Gasteiger partial charge in [-0.2, -0.15) is 0 Å². The Morgan fingerprint density at radius 2 is 1.90 bits per heavy atom. The molecule has 2 N–H and O–H groups in total. The fraction of sp³-hybridized carbons (Fsp3) is 0.467. The van der Waals surface area contributed by atoms with Gasteiger partial charge >= 0.3 is 5.97 Å². The van der Waals surface area contributed by atoms with Gasteiger partial charge in [-0.05, 0) is 31.9 Å². The molecule has 1 fully saturated rings. The van der Waals surface area contributed by atoms with Crippen molar-refractivity contribution in [3.05, 3.63) is 29.3 Å². The second-order valence-electron chi connectivity index (χ2n) is 5.53. The molecule has 1 aliphatic rings. The van der Waals surface area contributed by atoms with E-state index in [0.717, 1.165) is 16.8 Å². The number of aliphatic carboxylic acids is 1. The fourth-order valence-electron chi connectivity index (χ4n) is 2.83. The molecule has 108 valence electrons. The van der Waals surface area contributed by atoms with E-state index in [4.69, 9.17) is 0 Å². The van der Waals surface area contributed by atoms with E-state index in [1.54, 1.807) is 0 Å². The van der Waals surface area contributed by atoms with E-state index in [0.29, 0.717) is 0 Å². The number of hydrogen-bond donors (Lipinski definition) is 2. The van der Waals surface area contributed by atoms with Gasteiger partial charge in [0.25, 0.3) is 0 Å². The van der Waals surface area contributed by atoms with E-state index >= 15 is 0 Å². The van der Waals surface area contributed by atoms with Crippen LogP contribution in [0.3, 0.4) is 0 Å². The summed E-state index contributed by atoms with van der Waals surface area (Å²) in [6.45, 7) is 5.21. The van der Waals surface area contributed by atoms with Crippen molar-refractivity contribution in [1.82, 2.24) is 0 Å². The highest BCUT2D eigenvalue weighted by Crippen LogP contribution is 2.39. The van der Waals surface area contributed by atoms with Crippen LogP contribution in [0.5, 0.6) is 0 Å². The molecule has 1 aliphatic heterocycles. The van der Waals surface area contributed by atoms with Crippen LogP contribution in [0.15, 0.2) is 18.2 Å². The molecule has 0 saturated carbocycles. The Hall–Kier alpha value is -1.88. The second-order valence-corrected chi connectivity index (χ2v) is 5.53. The van der Waals surface area contributed by atoms with Crippen molar-refractivity contribution >= 4 is 17.6 Å². The van der Waals surface area contributed by atoms with Gasteiger partial charge in [0.2, 0.25) is 5.91 Å². The summed E-state index contributed by atoms with van der Waals surface area (Å²) in [6.07, 6.45) is -1.26. The summed E-state index contributed by atoms with van der Waals surface area (Å²) in [7, 11) is 0. The average molecular weight is 277 g/mol. The summed E-state index contributed by atoms with van der Waals surface area (Å²) in [4.78, 5) is 25.3. The highest BCUT2D eigenvalue weighted by atomic mass is 16.4. The van der Waals surface area contributed by atoms with Crippen molar-refractivity contribution in [1.29, 1.82) is 0 Å². The Kier molecular flexibility index (Phi) is 3.56. The number of amides is 1. The first-order valence-corrected chi connectivity index (χ1v) is 6.57. The molecule has 0 aromatic heterocycles. The van der Waals surface area contributed by atoms with Crippen molar-refractivity contribution in [2.75, 3.05) is 11.4 Å². The highest BCUT2D eigenvalue weighted by Gasteiger charge is 2.53. The van der Waals surface area contributed by atoms with Gasteiger partial charge in [-0.3, -0.25) is 9.59 Å². The molecule has 2 atom stereocenters. The van der Waals surface area contributed by atoms with Crippen molar-refractivity contribution in [3.63, 3.8) is 0 Å². The molecular weight excluding hydrogens is 258 g/mol. The minimum Gasteiger partial charge on any atom is -0.481 e. The highest BCUT2D eigenvalue weighted by molar-refractivity contribution is 6.02. The molecule has 0 aliphatic carbocycles. The molecule has 2 rings (SSSR count). The van der Waals surface area contributed by atoms with E-state index in [1.807, 2.05) is 32.0 Å². The van der Waals surface area contributed by atoms with Gasteiger partial charge in [0.15, 0.2) is 0 Å². The third-order valence-electron chi connectivity index (χ3n) is 4.14. The fourth-order valence-corrected chi connectivity index (χ4v) is 2.83. The number of hydrogen-bond acceptors (Lipinski definition) is 3. The lowest BCUT2D eigenvalue weighted by atomic mass is 9.82. The van der Waals surface area contributed by atoms with Gasteiger partial charge in [0.05, 0.1) is 6.10 Å². The lowest BCUT2D eigenvalue weighted by molar-refractivity contribution is -0.154. The molecule has 2 unspecified atom stereocenters. The largest absolute Gasteiger partial charge is 0.481 e. The number of aliphatic hydroxyl groups excluding tert-OH is 1. The van der Waals surface area contributed by atoms with Crippen LogP contribution < -0.4 is 4.90 Å². The van der Waals surface area contributed by atoms with Crippen LogP contribution in [0.4, 0.5) is 5.69 Å². The Bertz CT molecular complexity index is 547. The zero-order valence-corrected chi connectivity index (χ0v) is 11.9. The molecule has 0 spiro atoms. The minimum atomic E-state index is -1.42. The van der Waals surface area contributed by atoms with E-state index in [9.17, 15) is 19.8 Å². The molecule has 1 saturated heterocycles. The zero-order valence-electron chi connectivity index (χ0n) is 11.9. The van der Waals surface area contributed by atoms with Crippen molar-refractivity contribution in [2.24, 2.45) is 5.41 Å². The Labute approximate surface area is 117 Å². The average Bonchev–Trinajstić information content (AvgIpc) is 2.68. The first kappa shape index (κ1) is 14.5. The van der Waals surface area contributed by atoms with Crippen molar-refractivity contribution in [3.8, 4) is 0 Å². The number of aryl methyl sites for hydroxylation is 2. The summed E-state index contributed by atoms with van der Waals surface area (Å²) < 4.78 is 0. The predicted octanol–water partition coefficient (Wildman–Crippen LogP) is 1.49. The van der Waals surface area contributed by atoms with Crippen molar-refractivity contribution < 1.29 is 19.8 Å². The lowest BCUT2D eigenvalue weighted by Crippen LogP contribution is -2.43. The number of benzene rings is 1. The predicted molar refractivity (Wildman–Crippen MR) is 74.6 cm³/mol. The Morgan fingerprint density at radius 1 is 1.35 bits per heavy atom. The zero-order chi connectivity index (χ0) is 15.1. The SMILES string of the molecule is Cc1cccc(C)c1N1CC(C(=O)O)(C(C)O)CC1=O. The maximum atomic E-state index is 12.3. The van der Waals surface area contributed by atoms with Gasteiger partial charge in [-0.25, -0.2) is 0 Å². The summed E-state index contributed by atoms with van der Waals surface area (Å²) in [5, 5.41) is 19.3. The van der Waals surface area contributed by atoms with Crippen LogP contribution in [-0.2, 0) is 9.59 Å². The van der Waals surface area contributed by atoms with E-state index in [1.165, 1.54) is 11.8 Å². The Balaban J connectivity index is 2.46.